The molecule has 0 aliphatic carbocycles. The number of morpholine rings is 1. The number of primary amides is 1. The Balaban J connectivity index is 2.10. The van der Waals surface area contributed by atoms with Crippen molar-refractivity contribution in [1.29, 1.82) is 0 Å². The highest BCUT2D eigenvalue weighted by Crippen LogP contribution is 2.08. The first-order valence-corrected chi connectivity index (χ1v) is 5.00. The molecule has 0 bridgehead atoms. The van der Waals surface area contributed by atoms with E-state index in [1.165, 1.54) is 0 Å². The number of thiol groups is 1. The summed E-state index contributed by atoms with van der Waals surface area (Å²) in [6.07, 6.45) is 1.30. The van der Waals surface area contributed by atoms with Gasteiger partial charge in [-0.15, -0.1) is 12.6 Å². The number of rotatable bonds is 4. The standard InChI is InChI=1S/C8H16N2O2S/c9-7(11)2-1-3-10-4-5-12-8(13)6-10/h8,13H,1-6H2,(H2,9,11). The third kappa shape index (κ3) is 4.50. The van der Waals surface area contributed by atoms with Crippen LogP contribution in [-0.4, -0.2) is 42.5 Å². The molecule has 1 unspecified atom stereocenters. The minimum absolute atomic E-state index is 0.0160. The molecular formula is C8H16N2O2S. The van der Waals surface area contributed by atoms with E-state index in [0.717, 1.165) is 32.7 Å². The van der Waals surface area contributed by atoms with Gasteiger partial charge in [0.05, 0.1) is 6.61 Å². The SMILES string of the molecule is NC(=O)CCCN1CCOC(S)C1. The maximum absolute atomic E-state index is 10.5. The monoisotopic (exact) mass is 204 g/mol. The lowest BCUT2D eigenvalue weighted by atomic mass is 10.2. The fraction of sp³-hybridized carbons (Fsp3) is 0.875. The molecule has 1 amide bonds. The normalized spacial score (nSPS) is 24.5. The van der Waals surface area contributed by atoms with E-state index >= 15 is 0 Å². The summed E-state index contributed by atoms with van der Waals surface area (Å²) in [7, 11) is 0. The number of nitrogens with zero attached hydrogens (tertiary/aromatic N) is 1. The number of amides is 1. The Kier molecular flexibility index (Phi) is 4.55. The summed E-state index contributed by atoms with van der Waals surface area (Å²) in [6.45, 7) is 3.39. The molecule has 0 aromatic rings. The molecule has 1 aliphatic rings. The van der Waals surface area contributed by atoms with Gasteiger partial charge in [-0.05, 0) is 13.0 Å². The Hall–Kier alpha value is -0.260. The van der Waals surface area contributed by atoms with Gasteiger partial charge in [0.25, 0.3) is 0 Å². The first kappa shape index (κ1) is 10.8. The first-order valence-electron chi connectivity index (χ1n) is 4.49. The van der Waals surface area contributed by atoms with Crippen molar-refractivity contribution >= 4 is 18.5 Å². The third-order valence-corrected chi connectivity index (χ3v) is 2.34. The molecule has 1 saturated heterocycles. The van der Waals surface area contributed by atoms with Crippen LogP contribution in [0.15, 0.2) is 0 Å². The van der Waals surface area contributed by atoms with Gasteiger partial charge in [0.1, 0.15) is 5.44 Å². The second-order valence-corrected chi connectivity index (χ2v) is 3.77. The number of hydrogen-bond acceptors (Lipinski definition) is 4. The summed E-state index contributed by atoms with van der Waals surface area (Å²) in [5, 5.41) is 0. The summed E-state index contributed by atoms with van der Waals surface area (Å²) in [5.41, 5.74) is 5.05. The van der Waals surface area contributed by atoms with E-state index in [4.69, 9.17) is 10.5 Å². The molecule has 1 heterocycles. The van der Waals surface area contributed by atoms with Crippen molar-refractivity contribution in [3.63, 3.8) is 0 Å². The van der Waals surface area contributed by atoms with E-state index in [2.05, 4.69) is 17.5 Å². The average Bonchev–Trinajstić information content (AvgIpc) is 2.03. The van der Waals surface area contributed by atoms with Crippen molar-refractivity contribution < 1.29 is 9.53 Å². The fourth-order valence-electron chi connectivity index (χ4n) is 1.36. The van der Waals surface area contributed by atoms with E-state index < -0.39 is 0 Å². The summed E-state index contributed by atoms with van der Waals surface area (Å²) in [6, 6.07) is 0. The van der Waals surface area contributed by atoms with Crippen molar-refractivity contribution in [2.24, 2.45) is 5.73 Å². The highest BCUT2D eigenvalue weighted by Gasteiger charge is 2.16. The summed E-state index contributed by atoms with van der Waals surface area (Å²) in [5.74, 6) is -0.226. The quantitative estimate of drug-likeness (QED) is 0.626. The lowest BCUT2D eigenvalue weighted by Crippen LogP contribution is -2.40. The average molecular weight is 204 g/mol. The Morgan fingerprint density at radius 2 is 2.46 bits per heavy atom. The maximum atomic E-state index is 10.5. The minimum Gasteiger partial charge on any atom is -0.370 e. The highest BCUT2D eigenvalue weighted by atomic mass is 32.1. The number of hydrogen-bond donors (Lipinski definition) is 2. The molecule has 13 heavy (non-hydrogen) atoms. The van der Waals surface area contributed by atoms with Crippen molar-refractivity contribution in [3.8, 4) is 0 Å². The van der Waals surface area contributed by atoms with E-state index in [9.17, 15) is 4.79 Å². The predicted molar refractivity (Wildman–Crippen MR) is 53.6 cm³/mol. The van der Waals surface area contributed by atoms with Gasteiger partial charge in [-0.25, -0.2) is 0 Å². The van der Waals surface area contributed by atoms with Crippen LogP contribution < -0.4 is 5.73 Å². The van der Waals surface area contributed by atoms with Crippen LogP contribution in [0.3, 0.4) is 0 Å². The number of carbonyl (C=O) groups is 1. The number of nitrogens with two attached hydrogens (primary N) is 1. The Labute approximate surface area is 83.8 Å². The Morgan fingerprint density at radius 1 is 1.69 bits per heavy atom. The molecule has 0 saturated carbocycles. The van der Waals surface area contributed by atoms with Crippen LogP contribution in [-0.2, 0) is 9.53 Å². The van der Waals surface area contributed by atoms with Crippen LogP contribution in [0.5, 0.6) is 0 Å². The number of carbonyl (C=O) groups excluding carboxylic acids is 1. The molecular weight excluding hydrogens is 188 g/mol. The van der Waals surface area contributed by atoms with Crippen LogP contribution in [0.4, 0.5) is 0 Å². The summed E-state index contributed by atoms with van der Waals surface area (Å²) in [4.78, 5) is 12.7. The van der Waals surface area contributed by atoms with E-state index in [1.807, 2.05) is 0 Å². The van der Waals surface area contributed by atoms with Gasteiger partial charge in [-0.1, -0.05) is 0 Å². The van der Waals surface area contributed by atoms with Gasteiger partial charge in [0, 0.05) is 19.5 Å². The molecule has 76 valence electrons. The lowest BCUT2D eigenvalue weighted by Gasteiger charge is -2.30. The molecule has 0 aromatic heterocycles. The molecule has 1 rings (SSSR count). The van der Waals surface area contributed by atoms with Gasteiger partial charge >= 0.3 is 0 Å². The smallest absolute Gasteiger partial charge is 0.217 e. The Bertz CT molecular complexity index is 178. The molecule has 5 heteroatoms. The predicted octanol–water partition coefficient (Wildman–Crippen LogP) is -0.160. The van der Waals surface area contributed by atoms with Gasteiger partial charge in [0.2, 0.25) is 5.91 Å². The third-order valence-electron chi connectivity index (χ3n) is 2.03. The van der Waals surface area contributed by atoms with Crippen LogP contribution in [0.2, 0.25) is 0 Å². The van der Waals surface area contributed by atoms with Crippen molar-refractivity contribution in [2.75, 3.05) is 26.2 Å². The highest BCUT2D eigenvalue weighted by molar-refractivity contribution is 7.80. The van der Waals surface area contributed by atoms with Gasteiger partial charge in [-0.3, -0.25) is 9.69 Å². The molecule has 0 aromatic carbocycles. The largest absolute Gasteiger partial charge is 0.370 e. The van der Waals surface area contributed by atoms with Gasteiger partial charge in [-0.2, -0.15) is 0 Å². The Morgan fingerprint density at radius 3 is 3.08 bits per heavy atom. The summed E-state index contributed by atoms with van der Waals surface area (Å²) < 4.78 is 5.27. The zero-order valence-electron chi connectivity index (χ0n) is 7.61. The van der Waals surface area contributed by atoms with Crippen molar-refractivity contribution in [1.82, 2.24) is 4.90 Å². The van der Waals surface area contributed by atoms with Crippen LogP contribution >= 0.6 is 12.6 Å². The summed E-state index contributed by atoms with van der Waals surface area (Å²) >= 11 is 4.23. The van der Waals surface area contributed by atoms with Crippen molar-refractivity contribution in [2.45, 2.75) is 18.3 Å². The van der Waals surface area contributed by atoms with Gasteiger partial charge in [0.15, 0.2) is 0 Å². The van der Waals surface area contributed by atoms with E-state index in [0.29, 0.717) is 6.42 Å². The van der Waals surface area contributed by atoms with Crippen LogP contribution in [0.1, 0.15) is 12.8 Å². The lowest BCUT2D eigenvalue weighted by molar-refractivity contribution is -0.118. The maximum Gasteiger partial charge on any atom is 0.217 e. The van der Waals surface area contributed by atoms with Crippen LogP contribution in [0, 0.1) is 0 Å². The van der Waals surface area contributed by atoms with Crippen LogP contribution in [0.25, 0.3) is 0 Å². The zero-order valence-corrected chi connectivity index (χ0v) is 8.50. The van der Waals surface area contributed by atoms with Gasteiger partial charge < -0.3 is 10.5 Å². The first-order chi connectivity index (χ1) is 6.18. The second-order valence-electron chi connectivity index (χ2n) is 3.20. The molecule has 4 nitrogen and oxygen atoms in total. The molecule has 2 N–H and O–H groups in total. The molecule has 1 fully saturated rings. The van der Waals surface area contributed by atoms with Crippen molar-refractivity contribution in [3.05, 3.63) is 0 Å². The molecule has 1 atom stereocenters. The topological polar surface area (TPSA) is 55.6 Å². The molecule has 0 radical (unpaired) electrons. The second kappa shape index (κ2) is 5.47. The van der Waals surface area contributed by atoms with E-state index in [-0.39, 0.29) is 11.3 Å². The molecule has 1 aliphatic heterocycles. The van der Waals surface area contributed by atoms with E-state index in [1.54, 1.807) is 0 Å². The fourth-order valence-corrected chi connectivity index (χ4v) is 1.70. The minimum atomic E-state index is -0.226. The number of ether oxygens (including phenoxy) is 1. The zero-order chi connectivity index (χ0) is 9.68. The molecule has 0 spiro atoms.